The van der Waals surface area contributed by atoms with E-state index in [0.29, 0.717) is 13.0 Å². The minimum absolute atomic E-state index is 0.0666. The quantitative estimate of drug-likeness (QED) is 0.928. The van der Waals surface area contributed by atoms with E-state index in [1.165, 1.54) is 0 Å². The number of hydrogen-bond acceptors (Lipinski definition) is 2. The molecule has 92 valence electrons. The molecule has 1 N–H and O–H groups in total. The molecule has 4 heteroatoms. The molecule has 1 unspecified atom stereocenters. The molecule has 1 amide bonds. The number of hydrogen-bond donors (Lipinski definition) is 1. The zero-order chi connectivity index (χ0) is 12.1. The molecule has 1 aliphatic heterocycles. The van der Waals surface area contributed by atoms with Crippen molar-refractivity contribution in [1.82, 2.24) is 5.32 Å². The van der Waals surface area contributed by atoms with Gasteiger partial charge in [0, 0.05) is 17.6 Å². The van der Waals surface area contributed by atoms with Crippen molar-refractivity contribution in [1.29, 1.82) is 0 Å². The summed E-state index contributed by atoms with van der Waals surface area (Å²) in [6.07, 6.45) is 2.68. The predicted octanol–water partition coefficient (Wildman–Crippen LogP) is 2.63. The minimum atomic E-state index is 0.0666. The number of rotatable bonds is 4. The number of carbonyl (C=O) groups is 1. The molecule has 1 aliphatic rings. The number of amides is 1. The number of carbonyl (C=O) groups excluding carboxylic acids is 1. The van der Waals surface area contributed by atoms with E-state index in [1.54, 1.807) is 0 Å². The molecule has 1 fully saturated rings. The van der Waals surface area contributed by atoms with E-state index in [1.807, 2.05) is 24.3 Å². The van der Waals surface area contributed by atoms with Gasteiger partial charge in [-0.2, -0.15) is 0 Å². The third-order valence-corrected chi connectivity index (χ3v) is 3.31. The Hall–Kier alpha value is -0.870. The number of ether oxygens (including phenoxy) is 1. The van der Waals surface area contributed by atoms with Crippen LogP contribution in [0.5, 0.6) is 0 Å². The van der Waals surface area contributed by atoms with Gasteiger partial charge in [-0.05, 0) is 30.5 Å². The second-order valence-corrected chi connectivity index (χ2v) is 5.16. The Morgan fingerprint density at radius 3 is 3.12 bits per heavy atom. The first kappa shape index (κ1) is 12.6. The smallest absolute Gasteiger partial charge is 0.222 e. The second-order valence-electron chi connectivity index (χ2n) is 4.25. The maximum atomic E-state index is 11.7. The minimum Gasteiger partial charge on any atom is -0.378 e. The Morgan fingerprint density at radius 2 is 2.41 bits per heavy atom. The SMILES string of the molecule is O=C(CC1CCCO1)NCc1cccc(Br)c1. The van der Waals surface area contributed by atoms with E-state index >= 15 is 0 Å². The third-order valence-electron chi connectivity index (χ3n) is 2.82. The Kier molecular flexibility index (Phi) is 4.57. The van der Waals surface area contributed by atoms with Gasteiger partial charge in [0.1, 0.15) is 0 Å². The van der Waals surface area contributed by atoms with E-state index in [4.69, 9.17) is 4.74 Å². The molecule has 3 nitrogen and oxygen atoms in total. The van der Waals surface area contributed by atoms with Gasteiger partial charge in [0.2, 0.25) is 5.91 Å². The molecule has 0 saturated carbocycles. The molecule has 17 heavy (non-hydrogen) atoms. The van der Waals surface area contributed by atoms with E-state index in [2.05, 4.69) is 21.2 Å². The lowest BCUT2D eigenvalue weighted by Crippen LogP contribution is -2.26. The average Bonchev–Trinajstić information content (AvgIpc) is 2.79. The monoisotopic (exact) mass is 297 g/mol. The fourth-order valence-electron chi connectivity index (χ4n) is 1.93. The van der Waals surface area contributed by atoms with Gasteiger partial charge in [-0.15, -0.1) is 0 Å². The molecule has 1 aromatic carbocycles. The summed E-state index contributed by atoms with van der Waals surface area (Å²) in [4.78, 5) is 11.7. The van der Waals surface area contributed by atoms with Crippen LogP contribution in [0, 0.1) is 0 Å². The van der Waals surface area contributed by atoms with Crippen molar-refractivity contribution in [3.8, 4) is 0 Å². The predicted molar refractivity (Wildman–Crippen MR) is 69.6 cm³/mol. The molecule has 0 aliphatic carbocycles. The standard InChI is InChI=1S/C13H16BrNO2/c14-11-4-1-3-10(7-11)9-15-13(16)8-12-5-2-6-17-12/h1,3-4,7,12H,2,5-6,8-9H2,(H,15,16). The largest absolute Gasteiger partial charge is 0.378 e. The van der Waals surface area contributed by atoms with E-state index in [9.17, 15) is 4.79 Å². The van der Waals surface area contributed by atoms with Crippen molar-refractivity contribution >= 4 is 21.8 Å². The summed E-state index contributed by atoms with van der Waals surface area (Å²) in [6.45, 7) is 1.37. The fraction of sp³-hybridized carbons (Fsp3) is 0.462. The summed E-state index contributed by atoms with van der Waals surface area (Å²) < 4.78 is 6.46. The zero-order valence-corrected chi connectivity index (χ0v) is 11.2. The molecule has 2 rings (SSSR count). The highest BCUT2D eigenvalue weighted by atomic mass is 79.9. The lowest BCUT2D eigenvalue weighted by atomic mass is 10.1. The number of benzene rings is 1. The van der Waals surface area contributed by atoms with Crippen LogP contribution < -0.4 is 5.32 Å². The molecular formula is C13H16BrNO2. The summed E-state index contributed by atoms with van der Waals surface area (Å²) >= 11 is 3.41. The van der Waals surface area contributed by atoms with Crippen LogP contribution in [0.4, 0.5) is 0 Å². The summed E-state index contributed by atoms with van der Waals surface area (Å²) in [6, 6.07) is 7.94. The molecule has 0 spiro atoms. The van der Waals surface area contributed by atoms with E-state index in [0.717, 1.165) is 29.5 Å². The summed E-state index contributed by atoms with van der Waals surface area (Å²) in [5.74, 6) is 0.0666. The molecule has 0 aromatic heterocycles. The topological polar surface area (TPSA) is 38.3 Å². The van der Waals surface area contributed by atoms with Gasteiger partial charge in [-0.1, -0.05) is 28.1 Å². The number of halogens is 1. The van der Waals surface area contributed by atoms with Crippen LogP contribution in [0.25, 0.3) is 0 Å². The Bertz CT molecular complexity index is 389. The van der Waals surface area contributed by atoms with E-state index in [-0.39, 0.29) is 12.0 Å². The van der Waals surface area contributed by atoms with Gasteiger partial charge in [0.15, 0.2) is 0 Å². The second kappa shape index (κ2) is 6.17. The lowest BCUT2D eigenvalue weighted by Gasteiger charge is -2.09. The Labute approximate surface area is 110 Å². The molecule has 1 heterocycles. The number of nitrogens with one attached hydrogen (secondary N) is 1. The van der Waals surface area contributed by atoms with Crippen LogP contribution in [0.2, 0.25) is 0 Å². The van der Waals surface area contributed by atoms with Crippen molar-refractivity contribution in [2.24, 2.45) is 0 Å². The van der Waals surface area contributed by atoms with E-state index < -0.39 is 0 Å². The van der Waals surface area contributed by atoms with Gasteiger partial charge in [-0.25, -0.2) is 0 Å². The van der Waals surface area contributed by atoms with Gasteiger partial charge < -0.3 is 10.1 Å². The van der Waals surface area contributed by atoms with Crippen molar-refractivity contribution in [3.05, 3.63) is 34.3 Å². The van der Waals surface area contributed by atoms with Crippen LogP contribution in [0.1, 0.15) is 24.8 Å². The highest BCUT2D eigenvalue weighted by molar-refractivity contribution is 9.10. The highest BCUT2D eigenvalue weighted by Crippen LogP contribution is 2.15. The van der Waals surface area contributed by atoms with Crippen molar-refractivity contribution in [3.63, 3.8) is 0 Å². The first-order valence-electron chi connectivity index (χ1n) is 5.87. The Balaban J connectivity index is 1.75. The van der Waals surface area contributed by atoms with Crippen LogP contribution in [-0.2, 0) is 16.1 Å². The fourth-order valence-corrected chi connectivity index (χ4v) is 2.38. The summed E-state index contributed by atoms with van der Waals surface area (Å²) in [7, 11) is 0. The van der Waals surface area contributed by atoms with Crippen LogP contribution in [0.3, 0.4) is 0 Å². The molecular weight excluding hydrogens is 282 g/mol. The lowest BCUT2D eigenvalue weighted by molar-refractivity contribution is -0.123. The third kappa shape index (κ3) is 4.13. The first-order valence-corrected chi connectivity index (χ1v) is 6.66. The van der Waals surface area contributed by atoms with Crippen LogP contribution >= 0.6 is 15.9 Å². The summed E-state index contributed by atoms with van der Waals surface area (Å²) in [5, 5.41) is 2.91. The zero-order valence-electron chi connectivity index (χ0n) is 9.62. The van der Waals surface area contributed by atoms with Gasteiger partial charge in [-0.3, -0.25) is 4.79 Å². The summed E-state index contributed by atoms with van der Waals surface area (Å²) in [5.41, 5.74) is 1.10. The highest BCUT2D eigenvalue weighted by Gasteiger charge is 2.18. The average molecular weight is 298 g/mol. The molecule has 1 aromatic rings. The maximum Gasteiger partial charge on any atom is 0.222 e. The van der Waals surface area contributed by atoms with Gasteiger partial charge in [0.05, 0.1) is 12.5 Å². The molecule has 1 saturated heterocycles. The van der Waals surface area contributed by atoms with Crippen molar-refractivity contribution in [2.75, 3.05) is 6.61 Å². The Morgan fingerprint density at radius 1 is 1.53 bits per heavy atom. The van der Waals surface area contributed by atoms with Crippen molar-refractivity contribution in [2.45, 2.75) is 31.9 Å². The van der Waals surface area contributed by atoms with Gasteiger partial charge in [0.25, 0.3) is 0 Å². The van der Waals surface area contributed by atoms with Crippen LogP contribution in [-0.4, -0.2) is 18.6 Å². The van der Waals surface area contributed by atoms with Gasteiger partial charge >= 0.3 is 0 Å². The normalized spacial score (nSPS) is 19.2. The maximum absolute atomic E-state index is 11.7. The molecule has 0 radical (unpaired) electrons. The first-order chi connectivity index (χ1) is 8.24. The molecule has 1 atom stereocenters. The van der Waals surface area contributed by atoms with Crippen LogP contribution in [0.15, 0.2) is 28.7 Å². The molecule has 0 bridgehead atoms. The van der Waals surface area contributed by atoms with Crippen molar-refractivity contribution < 1.29 is 9.53 Å².